The lowest BCUT2D eigenvalue weighted by atomic mass is 10.2. The van der Waals surface area contributed by atoms with E-state index in [1.54, 1.807) is 6.92 Å². The van der Waals surface area contributed by atoms with Crippen LogP contribution in [0, 0.1) is 10.1 Å². The molecule has 0 unspecified atom stereocenters. The molecule has 0 aliphatic rings. The molecular formula is C11H11ClN2O3. The van der Waals surface area contributed by atoms with Crippen molar-refractivity contribution >= 4 is 23.2 Å². The monoisotopic (exact) mass is 254 g/mol. The number of amides is 1. The molecule has 0 radical (unpaired) electrons. The Morgan fingerprint density at radius 3 is 2.76 bits per heavy atom. The first kappa shape index (κ1) is 13.2. The van der Waals surface area contributed by atoms with Crippen LogP contribution in [0.15, 0.2) is 30.4 Å². The van der Waals surface area contributed by atoms with Gasteiger partial charge in [-0.2, -0.15) is 0 Å². The number of hydrogen-bond donors (Lipinski definition) is 1. The summed E-state index contributed by atoms with van der Waals surface area (Å²) in [4.78, 5) is 21.7. The highest BCUT2D eigenvalue weighted by Gasteiger charge is 2.19. The Hall–Kier alpha value is -1.88. The summed E-state index contributed by atoms with van der Waals surface area (Å²) in [6, 6.07) is 4.10. The second kappa shape index (κ2) is 5.45. The lowest BCUT2D eigenvalue weighted by molar-refractivity contribution is -0.384. The van der Waals surface area contributed by atoms with Crippen molar-refractivity contribution in [2.45, 2.75) is 6.92 Å². The minimum atomic E-state index is -0.627. The zero-order chi connectivity index (χ0) is 13.0. The van der Waals surface area contributed by atoms with E-state index in [0.717, 1.165) is 5.57 Å². The van der Waals surface area contributed by atoms with Crippen LogP contribution in [0.25, 0.3) is 0 Å². The molecule has 1 aromatic rings. The predicted molar refractivity (Wildman–Crippen MR) is 65.3 cm³/mol. The Labute approximate surface area is 103 Å². The molecule has 1 N–H and O–H groups in total. The minimum Gasteiger partial charge on any atom is -0.348 e. The maximum atomic E-state index is 11.7. The number of carbonyl (C=O) groups is 1. The number of rotatable bonds is 4. The number of nitro groups is 1. The quantitative estimate of drug-likeness (QED) is 0.510. The summed E-state index contributed by atoms with van der Waals surface area (Å²) in [5, 5.41) is 13.0. The van der Waals surface area contributed by atoms with Crippen LogP contribution in [0.1, 0.15) is 17.3 Å². The molecule has 0 spiro atoms. The maximum absolute atomic E-state index is 11.7. The molecule has 6 heteroatoms. The van der Waals surface area contributed by atoms with Crippen LogP contribution in [-0.4, -0.2) is 17.4 Å². The molecule has 0 saturated heterocycles. The van der Waals surface area contributed by atoms with Crippen molar-refractivity contribution in [3.05, 3.63) is 51.1 Å². The van der Waals surface area contributed by atoms with Gasteiger partial charge in [0.25, 0.3) is 11.6 Å². The number of carbonyl (C=O) groups excluding carboxylic acids is 1. The van der Waals surface area contributed by atoms with Gasteiger partial charge in [-0.05, 0) is 13.0 Å². The topological polar surface area (TPSA) is 72.2 Å². The summed E-state index contributed by atoms with van der Waals surface area (Å²) >= 11 is 5.79. The van der Waals surface area contributed by atoms with Crippen molar-refractivity contribution in [2.24, 2.45) is 0 Å². The Kier molecular flexibility index (Phi) is 4.23. The molecule has 0 aliphatic carbocycles. The van der Waals surface area contributed by atoms with Crippen molar-refractivity contribution in [1.29, 1.82) is 0 Å². The summed E-state index contributed by atoms with van der Waals surface area (Å²) in [7, 11) is 0. The first-order valence-electron chi connectivity index (χ1n) is 4.79. The van der Waals surface area contributed by atoms with Crippen molar-refractivity contribution < 1.29 is 9.72 Å². The number of nitro benzene ring substituents is 1. The Morgan fingerprint density at radius 1 is 1.59 bits per heavy atom. The van der Waals surface area contributed by atoms with Gasteiger partial charge in [-0.1, -0.05) is 29.8 Å². The average Bonchev–Trinajstić information content (AvgIpc) is 2.25. The molecule has 0 bridgehead atoms. The lowest BCUT2D eigenvalue weighted by Crippen LogP contribution is -2.25. The number of benzene rings is 1. The van der Waals surface area contributed by atoms with E-state index in [2.05, 4.69) is 11.9 Å². The normalized spacial score (nSPS) is 9.76. The van der Waals surface area contributed by atoms with Gasteiger partial charge in [0, 0.05) is 12.6 Å². The summed E-state index contributed by atoms with van der Waals surface area (Å²) in [5.74, 6) is -0.457. The molecule has 0 aromatic heterocycles. The third kappa shape index (κ3) is 3.29. The zero-order valence-electron chi connectivity index (χ0n) is 9.20. The second-order valence-electron chi connectivity index (χ2n) is 3.54. The van der Waals surface area contributed by atoms with Crippen LogP contribution >= 0.6 is 11.6 Å². The van der Waals surface area contributed by atoms with Gasteiger partial charge in [0.1, 0.15) is 5.02 Å². The molecule has 0 saturated carbocycles. The minimum absolute atomic E-state index is 0.0853. The number of halogens is 1. The zero-order valence-corrected chi connectivity index (χ0v) is 9.95. The highest BCUT2D eigenvalue weighted by molar-refractivity contribution is 6.35. The third-order valence-electron chi connectivity index (χ3n) is 1.97. The molecule has 1 aromatic carbocycles. The van der Waals surface area contributed by atoms with Gasteiger partial charge in [-0.25, -0.2) is 0 Å². The first-order chi connectivity index (χ1) is 7.93. The van der Waals surface area contributed by atoms with Gasteiger partial charge in [0.15, 0.2) is 0 Å². The molecule has 0 atom stereocenters. The summed E-state index contributed by atoms with van der Waals surface area (Å²) in [6.07, 6.45) is 0. The van der Waals surface area contributed by atoms with Crippen LogP contribution in [-0.2, 0) is 0 Å². The molecule has 90 valence electrons. The molecule has 0 fully saturated rings. The lowest BCUT2D eigenvalue weighted by Gasteiger charge is -2.06. The van der Waals surface area contributed by atoms with E-state index in [0.29, 0.717) is 6.54 Å². The third-order valence-corrected chi connectivity index (χ3v) is 2.37. The summed E-state index contributed by atoms with van der Waals surface area (Å²) in [6.45, 7) is 5.70. The van der Waals surface area contributed by atoms with Crippen molar-refractivity contribution in [1.82, 2.24) is 5.32 Å². The molecule has 0 heterocycles. The van der Waals surface area contributed by atoms with Crippen molar-refractivity contribution in [2.75, 3.05) is 6.54 Å². The highest BCUT2D eigenvalue weighted by atomic mass is 35.5. The van der Waals surface area contributed by atoms with E-state index >= 15 is 0 Å². The molecular weight excluding hydrogens is 244 g/mol. The SMILES string of the molecule is C=C(C)CNC(=O)c1cccc([N+](=O)[O-])c1Cl. The van der Waals surface area contributed by atoms with Crippen LogP contribution in [0.5, 0.6) is 0 Å². The summed E-state index contributed by atoms with van der Waals surface area (Å²) in [5.41, 5.74) is 0.580. The smallest absolute Gasteiger partial charge is 0.288 e. The van der Waals surface area contributed by atoms with E-state index in [4.69, 9.17) is 11.6 Å². The van der Waals surface area contributed by atoms with Gasteiger partial charge in [0.2, 0.25) is 0 Å². The fraction of sp³-hybridized carbons (Fsp3) is 0.182. The van der Waals surface area contributed by atoms with Crippen LogP contribution < -0.4 is 5.32 Å². The molecule has 1 amide bonds. The van der Waals surface area contributed by atoms with Gasteiger partial charge in [-0.3, -0.25) is 14.9 Å². The van der Waals surface area contributed by atoms with E-state index in [1.165, 1.54) is 18.2 Å². The second-order valence-corrected chi connectivity index (χ2v) is 3.91. The Balaban J connectivity index is 2.98. The first-order valence-corrected chi connectivity index (χ1v) is 5.16. The van der Waals surface area contributed by atoms with Crippen molar-refractivity contribution in [3.63, 3.8) is 0 Å². The highest BCUT2D eigenvalue weighted by Crippen LogP contribution is 2.27. The molecule has 17 heavy (non-hydrogen) atoms. The van der Waals surface area contributed by atoms with Crippen LogP contribution in [0.4, 0.5) is 5.69 Å². The van der Waals surface area contributed by atoms with Gasteiger partial charge in [0.05, 0.1) is 10.5 Å². The number of nitrogens with one attached hydrogen (secondary N) is 1. The van der Waals surface area contributed by atoms with Gasteiger partial charge < -0.3 is 5.32 Å². The average molecular weight is 255 g/mol. The summed E-state index contributed by atoms with van der Waals surface area (Å²) < 4.78 is 0. The van der Waals surface area contributed by atoms with E-state index in [-0.39, 0.29) is 16.3 Å². The molecule has 5 nitrogen and oxygen atoms in total. The van der Waals surface area contributed by atoms with E-state index in [1.807, 2.05) is 0 Å². The van der Waals surface area contributed by atoms with E-state index in [9.17, 15) is 14.9 Å². The Bertz CT molecular complexity index is 486. The fourth-order valence-electron chi connectivity index (χ4n) is 1.16. The van der Waals surface area contributed by atoms with Crippen molar-refractivity contribution in [3.8, 4) is 0 Å². The van der Waals surface area contributed by atoms with Crippen LogP contribution in [0.2, 0.25) is 5.02 Å². The van der Waals surface area contributed by atoms with Crippen LogP contribution in [0.3, 0.4) is 0 Å². The number of nitrogens with zero attached hydrogens (tertiary/aromatic N) is 1. The molecule has 1 rings (SSSR count). The maximum Gasteiger partial charge on any atom is 0.288 e. The Morgan fingerprint density at radius 2 is 2.24 bits per heavy atom. The fourth-order valence-corrected chi connectivity index (χ4v) is 1.44. The largest absolute Gasteiger partial charge is 0.348 e. The predicted octanol–water partition coefficient (Wildman–Crippen LogP) is 2.55. The van der Waals surface area contributed by atoms with Gasteiger partial charge >= 0.3 is 0 Å². The number of hydrogen-bond acceptors (Lipinski definition) is 3. The van der Waals surface area contributed by atoms with E-state index < -0.39 is 10.8 Å². The molecule has 0 aliphatic heterocycles. The van der Waals surface area contributed by atoms with Gasteiger partial charge in [-0.15, -0.1) is 0 Å². The standard InChI is InChI=1S/C11H11ClN2O3/c1-7(2)6-13-11(15)8-4-3-5-9(10(8)12)14(16)17/h3-5H,1,6H2,2H3,(H,13,15).